The molecule has 0 bridgehead atoms. The van der Waals surface area contributed by atoms with Crippen molar-refractivity contribution >= 4 is 11.8 Å². The fraction of sp³-hybridized carbons (Fsp3) is 0.909. The van der Waals surface area contributed by atoms with Crippen molar-refractivity contribution in [1.82, 2.24) is 25.5 Å². The lowest BCUT2D eigenvalue weighted by atomic mass is 10.0. The van der Waals surface area contributed by atoms with Crippen LogP contribution in [-0.2, 0) is 4.74 Å². The van der Waals surface area contributed by atoms with Gasteiger partial charge in [0.2, 0.25) is 5.16 Å². The van der Waals surface area contributed by atoms with Crippen LogP contribution in [0.2, 0.25) is 0 Å². The van der Waals surface area contributed by atoms with Crippen molar-refractivity contribution in [3.8, 4) is 0 Å². The smallest absolute Gasteiger partial charge is 0.209 e. The third-order valence-corrected chi connectivity index (χ3v) is 4.48. The van der Waals surface area contributed by atoms with Crippen LogP contribution in [0.25, 0.3) is 0 Å². The molecule has 0 spiro atoms. The molecule has 1 N–H and O–H groups in total. The van der Waals surface area contributed by atoms with E-state index in [2.05, 4.69) is 34.7 Å². The van der Waals surface area contributed by atoms with Gasteiger partial charge in [-0.3, -0.25) is 0 Å². The largest absolute Gasteiger partial charge is 0.377 e. The fourth-order valence-corrected chi connectivity index (χ4v) is 3.06. The number of tetrazole rings is 1. The van der Waals surface area contributed by atoms with E-state index >= 15 is 0 Å². The van der Waals surface area contributed by atoms with Crippen molar-refractivity contribution < 1.29 is 4.74 Å². The van der Waals surface area contributed by atoms with Crippen molar-refractivity contribution in [3.05, 3.63) is 0 Å². The van der Waals surface area contributed by atoms with Crippen LogP contribution in [0.1, 0.15) is 32.7 Å². The number of nitrogens with one attached hydrogen (secondary N) is 1. The molecule has 0 radical (unpaired) electrons. The molecule has 6 nitrogen and oxygen atoms in total. The van der Waals surface area contributed by atoms with Crippen LogP contribution in [0.3, 0.4) is 0 Å². The van der Waals surface area contributed by atoms with Gasteiger partial charge in [0.15, 0.2) is 0 Å². The molecule has 102 valence electrons. The highest BCUT2D eigenvalue weighted by atomic mass is 32.2. The van der Waals surface area contributed by atoms with Gasteiger partial charge in [-0.25, -0.2) is 4.68 Å². The Hall–Kier alpha value is -0.660. The molecule has 1 saturated carbocycles. The van der Waals surface area contributed by atoms with Gasteiger partial charge < -0.3 is 10.1 Å². The van der Waals surface area contributed by atoms with E-state index in [9.17, 15) is 0 Å². The second-order valence-corrected chi connectivity index (χ2v) is 6.08. The van der Waals surface area contributed by atoms with E-state index in [0.29, 0.717) is 6.04 Å². The van der Waals surface area contributed by atoms with Gasteiger partial charge >= 0.3 is 0 Å². The first-order chi connectivity index (χ1) is 8.58. The lowest BCUT2D eigenvalue weighted by Gasteiger charge is -2.32. The minimum atomic E-state index is -0.209. The topological polar surface area (TPSA) is 64.9 Å². The monoisotopic (exact) mass is 271 g/mol. The molecular formula is C11H21N5OS. The summed E-state index contributed by atoms with van der Waals surface area (Å²) < 4.78 is 7.46. The molecule has 18 heavy (non-hydrogen) atoms. The second-order valence-electron chi connectivity index (χ2n) is 5.10. The summed E-state index contributed by atoms with van der Waals surface area (Å²) in [4.78, 5) is 0. The number of hydrogen-bond donors (Lipinski definition) is 1. The number of nitrogens with zero attached hydrogens (tertiary/aromatic N) is 4. The summed E-state index contributed by atoms with van der Waals surface area (Å²) >= 11 is 1.68. The maximum absolute atomic E-state index is 5.52. The van der Waals surface area contributed by atoms with Crippen LogP contribution in [0, 0.1) is 0 Å². The summed E-state index contributed by atoms with van der Waals surface area (Å²) in [5.41, 5.74) is -0.209. The lowest BCUT2D eigenvalue weighted by molar-refractivity contribution is -0.00157. The SMILES string of the molecule is CNC(CSc1nnnn1C1CC1)C(C)(C)OC. The van der Waals surface area contributed by atoms with Gasteiger partial charge in [-0.15, -0.1) is 5.10 Å². The normalized spacial score (nSPS) is 18.0. The van der Waals surface area contributed by atoms with Crippen LogP contribution in [-0.4, -0.2) is 51.8 Å². The standard InChI is InChI=1S/C11H21N5OS/c1-11(2,17-4)9(12-3)7-18-10-13-14-15-16(10)8-5-6-8/h8-9,12H,5-7H2,1-4H3. The number of aromatic nitrogens is 4. The highest BCUT2D eigenvalue weighted by molar-refractivity contribution is 7.99. The molecule has 1 fully saturated rings. The molecular weight excluding hydrogens is 250 g/mol. The van der Waals surface area contributed by atoms with E-state index in [4.69, 9.17) is 4.74 Å². The zero-order valence-corrected chi connectivity index (χ0v) is 12.2. The predicted octanol–water partition coefficient (Wildman–Crippen LogP) is 1.11. The third-order valence-electron chi connectivity index (χ3n) is 3.45. The van der Waals surface area contributed by atoms with E-state index < -0.39 is 0 Å². The number of rotatable bonds is 7. The van der Waals surface area contributed by atoms with E-state index in [0.717, 1.165) is 10.9 Å². The van der Waals surface area contributed by atoms with Crippen molar-refractivity contribution in [2.24, 2.45) is 0 Å². The quantitative estimate of drug-likeness (QED) is 0.750. The Morgan fingerprint density at radius 2 is 2.28 bits per heavy atom. The summed E-state index contributed by atoms with van der Waals surface area (Å²) in [5.74, 6) is 0.879. The van der Waals surface area contributed by atoms with Crippen LogP contribution >= 0.6 is 11.8 Å². The van der Waals surface area contributed by atoms with Crippen LogP contribution in [0.5, 0.6) is 0 Å². The molecule has 1 aromatic rings. The highest BCUT2D eigenvalue weighted by Crippen LogP contribution is 2.36. The number of ether oxygens (including phenoxy) is 1. The average molecular weight is 271 g/mol. The van der Waals surface area contributed by atoms with Crippen molar-refractivity contribution in [3.63, 3.8) is 0 Å². The summed E-state index contributed by atoms with van der Waals surface area (Å²) in [7, 11) is 3.69. The first-order valence-electron chi connectivity index (χ1n) is 6.21. The maximum Gasteiger partial charge on any atom is 0.209 e. The number of methoxy groups -OCH3 is 1. The third kappa shape index (κ3) is 3.02. The number of likely N-dealkylation sites (N-methyl/N-ethyl adjacent to an activating group) is 1. The van der Waals surface area contributed by atoms with Gasteiger partial charge in [0.25, 0.3) is 0 Å². The van der Waals surface area contributed by atoms with Gasteiger partial charge in [0.1, 0.15) is 0 Å². The first kappa shape index (κ1) is 13.8. The Kier molecular flexibility index (Phi) is 4.24. The van der Waals surface area contributed by atoms with E-state index in [1.165, 1.54) is 12.8 Å². The van der Waals surface area contributed by atoms with Gasteiger partial charge in [0, 0.05) is 18.9 Å². The second kappa shape index (κ2) is 5.54. The lowest BCUT2D eigenvalue weighted by Crippen LogP contribution is -2.48. The first-order valence-corrected chi connectivity index (χ1v) is 7.20. The Balaban J connectivity index is 1.95. The average Bonchev–Trinajstić information content (AvgIpc) is 3.10. The molecule has 0 aliphatic heterocycles. The van der Waals surface area contributed by atoms with E-state index in [1.54, 1.807) is 18.9 Å². The maximum atomic E-state index is 5.52. The number of hydrogen-bond acceptors (Lipinski definition) is 6. The van der Waals surface area contributed by atoms with Crippen LogP contribution < -0.4 is 5.32 Å². The van der Waals surface area contributed by atoms with Crippen LogP contribution in [0.4, 0.5) is 0 Å². The molecule has 1 aliphatic carbocycles. The van der Waals surface area contributed by atoms with E-state index in [1.807, 2.05) is 11.7 Å². The molecule has 0 amide bonds. The molecule has 7 heteroatoms. The number of thioether (sulfide) groups is 1. The highest BCUT2D eigenvalue weighted by Gasteiger charge is 2.31. The Labute approximate surface area is 112 Å². The Morgan fingerprint density at radius 3 is 2.83 bits per heavy atom. The molecule has 1 aromatic heterocycles. The summed E-state index contributed by atoms with van der Waals surface area (Å²) in [6.45, 7) is 4.16. The van der Waals surface area contributed by atoms with Crippen molar-refractivity contribution in [2.75, 3.05) is 19.9 Å². The Bertz CT molecular complexity index is 391. The zero-order chi connectivity index (χ0) is 13.2. The van der Waals surface area contributed by atoms with Crippen LogP contribution in [0.15, 0.2) is 5.16 Å². The molecule has 1 atom stereocenters. The fourth-order valence-electron chi connectivity index (χ4n) is 1.76. The molecule has 0 aromatic carbocycles. The molecule has 1 aliphatic rings. The molecule has 2 rings (SSSR count). The summed E-state index contributed by atoms with van der Waals surface area (Å²) in [5, 5.41) is 16.1. The molecule has 1 unspecified atom stereocenters. The van der Waals surface area contributed by atoms with Gasteiger partial charge in [-0.2, -0.15) is 0 Å². The Morgan fingerprint density at radius 1 is 1.56 bits per heavy atom. The van der Waals surface area contributed by atoms with Crippen molar-refractivity contribution in [1.29, 1.82) is 0 Å². The summed E-state index contributed by atoms with van der Waals surface area (Å²) in [6, 6.07) is 0.767. The van der Waals surface area contributed by atoms with Gasteiger partial charge in [-0.05, 0) is 44.2 Å². The predicted molar refractivity (Wildman–Crippen MR) is 70.7 cm³/mol. The molecule has 0 saturated heterocycles. The minimum absolute atomic E-state index is 0.209. The molecule has 1 heterocycles. The summed E-state index contributed by atoms with van der Waals surface area (Å²) in [6.07, 6.45) is 2.38. The zero-order valence-electron chi connectivity index (χ0n) is 11.4. The van der Waals surface area contributed by atoms with Crippen molar-refractivity contribution in [2.45, 2.75) is 49.5 Å². The minimum Gasteiger partial charge on any atom is -0.377 e. The van der Waals surface area contributed by atoms with E-state index in [-0.39, 0.29) is 11.6 Å². The van der Waals surface area contributed by atoms with Gasteiger partial charge in [0.05, 0.1) is 11.6 Å². The van der Waals surface area contributed by atoms with Gasteiger partial charge in [-0.1, -0.05) is 11.8 Å².